The fourth-order valence-electron chi connectivity index (χ4n) is 3.39. The third-order valence-electron chi connectivity index (χ3n) is 4.51. The van der Waals surface area contributed by atoms with Crippen molar-refractivity contribution in [2.75, 3.05) is 25.1 Å². The number of nitrogens with zero attached hydrogens (tertiary/aromatic N) is 1. The van der Waals surface area contributed by atoms with Crippen LogP contribution < -0.4 is 15.0 Å². The molecule has 1 saturated carbocycles. The van der Waals surface area contributed by atoms with Crippen molar-refractivity contribution < 1.29 is 9.53 Å². The Bertz CT molecular complexity index is 510. The third kappa shape index (κ3) is 3.21. The smallest absolute Gasteiger partial charge is 0.265 e. The summed E-state index contributed by atoms with van der Waals surface area (Å²) in [5.74, 6) is 1.57. The van der Waals surface area contributed by atoms with Crippen molar-refractivity contribution in [3.05, 3.63) is 23.8 Å². The van der Waals surface area contributed by atoms with Crippen molar-refractivity contribution in [1.29, 1.82) is 0 Å². The molecule has 1 aliphatic carbocycles. The second kappa shape index (κ2) is 6.48. The number of hydrogen-bond acceptors (Lipinski definition) is 3. The van der Waals surface area contributed by atoms with E-state index in [1.165, 1.54) is 37.7 Å². The Morgan fingerprint density at radius 1 is 1.29 bits per heavy atom. The van der Waals surface area contributed by atoms with Crippen LogP contribution in [0, 0.1) is 5.92 Å². The van der Waals surface area contributed by atoms with E-state index < -0.39 is 0 Å². The zero-order chi connectivity index (χ0) is 14.7. The number of ether oxygens (including phenoxy) is 1. The van der Waals surface area contributed by atoms with E-state index in [0.29, 0.717) is 5.92 Å². The standard InChI is InChI=1S/C17H24N2O2/c1-18-10-14-7-8-16-15(9-14)19(17(20)12-21-16)11-13-5-3-2-4-6-13/h7-9,13,18H,2-6,10-12H2,1H3. The van der Waals surface area contributed by atoms with E-state index in [-0.39, 0.29) is 12.5 Å². The summed E-state index contributed by atoms with van der Waals surface area (Å²) in [6.45, 7) is 1.82. The predicted octanol–water partition coefficient (Wildman–Crippen LogP) is 2.71. The van der Waals surface area contributed by atoms with Gasteiger partial charge in [-0.05, 0) is 43.5 Å². The normalized spacial score (nSPS) is 19.3. The Hall–Kier alpha value is -1.55. The Morgan fingerprint density at radius 2 is 2.10 bits per heavy atom. The van der Waals surface area contributed by atoms with E-state index in [1.54, 1.807) is 0 Å². The first-order valence-electron chi connectivity index (χ1n) is 7.98. The molecule has 114 valence electrons. The van der Waals surface area contributed by atoms with Crippen LogP contribution >= 0.6 is 0 Å². The molecule has 4 nitrogen and oxygen atoms in total. The van der Waals surface area contributed by atoms with Crippen LogP contribution in [0.3, 0.4) is 0 Å². The van der Waals surface area contributed by atoms with Crippen LogP contribution in [0.2, 0.25) is 0 Å². The first kappa shape index (κ1) is 14.4. The Kier molecular flexibility index (Phi) is 4.44. The highest BCUT2D eigenvalue weighted by Crippen LogP contribution is 2.35. The van der Waals surface area contributed by atoms with E-state index in [4.69, 9.17) is 4.74 Å². The highest BCUT2D eigenvalue weighted by atomic mass is 16.5. The second-order valence-corrected chi connectivity index (χ2v) is 6.13. The molecule has 1 amide bonds. The summed E-state index contributed by atoms with van der Waals surface area (Å²) in [5, 5.41) is 3.15. The van der Waals surface area contributed by atoms with E-state index >= 15 is 0 Å². The molecule has 2 aliphatic rings. The van der Waals surface area contributed by atoms with Gasteiger partial charge in [0.1, 0.15) is 5.75 Å². The van der Waals surface area contributed by atoms with Crippen molar-refractivity contribution in [2.24, 2.45) is 5.92 Å². The molecule has 1 aromatic rings. The van der Waals surface area contributed by atoms with Crippen molar-refractivity contribution >= 4 is 11.6 Å². The Morgan fingerprint density at radius 3 is 2.86 bits per heavy atom. The Labute approximate surface area is 126 Å². The molecule has 0 bridgehead atoms. The Balaban J connectivity index is 1.82. The molecule has 0 unspecified atom stereocenters. The lowest BCUT2D eigenvalue weighted by molar-refractivity contribution is -0.121. The van der Waals surface area contributed by atoms with E-state index in [1.807, 2.05) is 18.0 Å². The number of rotatable bonds is 4. The number of amides is 1. The van der Waals surface area contributed by atoms with Crippen LogP contribution in [-0.4, -0.2) is 26.1 Å². The topological polar surface area (TPSA) is 41.6 Å². The number of benzene rings is 1. The second-order valence-electron chi connectivity index (χ2n) is 6.13. The fourth-order valence-corrected chi connectivity index (χ4v) is 3.39. The van der Waals surface area contributed by atoms with E-state index in [9.17, 15) is 4.79 Å². The molecular formula is C17H24N2O2. The van der Waals surface area contributed by atoms with Crippen LogP contribution in [-0.2, 0) is 11.3 Å². The number of carbonyl (C=O) groups is 1. The lowest BCUT2D eigenvalue weighted by Gasteiger charge is -2.34. The summed E-state index contributed by atoms with van der Waals surface area (Å²) in [6, 6.07) is 6.14. The van der Waals surface area contributed by atoms with Crippen LogP contribution in [0.15, 0.2) is 18.2 Å². The van der Waals surface area contributed by atoms with E-state index in [0.717, 1.165) is 24.5 Å². The van der Waals surface area contributed by atoms with E-state index in [2.05, 4.69) is 17.4 Å². The molecule has 1 heterocycles. The van der Waals surface area contributed by atoms with Gasteiger partial charge in [-0.2, -0.15) is 0 Å². The van der Waals surface area contributed by atoms with Gasteiger partial charge in [-0.1, -0.05) is 25.3 Å². The molecule has 4 heteroatoms. The quantitative estimate of drug-likeness (QED) is 0.926. The highest BCUT2D eigenvalue weighted by molar-refractivity contribution is 5.97. The van der Waals surface area contributed by atoms with Gasteiger partial charge in [-0.15, -0.1) is 0 Å². The third-order valence-corrected chi connectivity index (χ3v) is 4.51. The zero-order valence-corrected chi connectivity index (χ0v) is 12.7. The maximum absolute atomic E-state index is 12.3. The lowest BCUT2D eigenvalue weighted by atomic mass is 9.88. The van der Waals surface area contributed by atoms with Gasteiger partial charge in [-0.3, -0.25) is 4.79 Å². The predicted molar refractivity (Wildman–Crippen MR) is 83.6 cm³/mol. The summed E-state index contributed by atoms with van der Waals surface area (Å²) in [5.41, 5.74) is 2.13. The van der Waals surface area contributed by atoms with Crippen LogP contribution in [0.25, 0.3) is 0 Å². The number of fused-ring (bicyclic) bond motifs is 1. The van der Waals surface area contributed by atoms with Crippen LogP contribution in [0.1, 0.15) is 37.7 Å². The average Bonchev–Trinajstić information content (AvgIpc) is 2.52. The monoisotopic (exact) mass is 288 g/mol. The van der Waals surface area contributed by atoms with Gasteiger partial charge < -0.3 is 15.0 Å². The van der Waals surface area contributed by atoms with Gasteiger partial charge in [0.25, 0.3) is 5.91 Å². The minimum absolute atomic E-state index is 0.0923. The molecule has 0 spiro atoms. The van der Waals surface area contributed by atoms with Gasteiger partial charge in [0.2, 0.25) is 0 Å². The summed E-state index contributed by atoms with van der Waals surface area (Å²) in [7, 11) is 1.93. The van der Waals surface area contributed by atoms with Crippen molar-refractivity contribution in [3.63, 3.8) is 0 Å². The van der Waals surface area contributed by atoms with Gasteiger partial charge >= 0.3 is 0 Å². The SMILES string of the molecule is CNCc1ccc2c(c1)N(CC1CCCCC1)C(=O)CO2. The number of hydrogen-bond donors (Lipinski definition) is 1. The van der Waals surface area contributed by atoms with Crippen LogP contribution in [0.4, 0.5) is 5.69 Å². The minimum atomic E-state index is 0.0923. The maximum atomic E-state index is 12.3. The zero-order valence-electron chi connectivity index (χ0n) is 12.7. The maximum Gasteiger partial charge on any atom is 0.265 e. The molecular weight excluding hydrogens is 264 g/mol. The van der Waals surface area contributed by atoms with Gasteiger partial charge in [0.15, 0.2) is 6.61 Å². The summed E-state index contributed by atoms with van der Waals surface area (Å²) >= 11 is 0. The first-order chi connectivity index (χ1) is 10.3. The molecule has 1 aliphatic heterocycles. The molecule has 3 rings (SSSR count). The highest BCUT2D eigenvalue weighted by Gasteiger charge is 2.28. The van der Waals surface area contributed by atoms with Crippen LogP contribution in [0.5, 0.6) is 5.75 Å². The van der Waals surface area contributed by atoms with Gasteiger partial charge in [-0.25, -0.2) is 0 Å². The number of anilines is 1. The minimum Gasteiger partial charge on any atom is -0.482 e. The summed E-state index contributed by atoms with van der Waals surface area (Å²) in [4.78, 5) is 14.2. The molecule has 21 heavy (non-hydrogen) atoms. The molecule has 0 saturated heterocycles. The molecule has 1 aromatic carbocycles. The van der Waals surface area contributed by atoms with Gasteiger partial charge in [0.05, 0.1) is 5.69 Å². The summed E-state index contributed by atoms with van der Waals surface area (Å²) < 4.78 is 5.58. The molecule has 0 atom stereocenters. The summed E-state index contributed by atoms with van der Waals surface area (Å²) in [6.07, 6.45) is 6.44. The molecule has 1 N–H and O–H groups in total. The van der Waals surface area contributed by atoms with Crippen molar-refractivity contribution in [1.82, 2.24) is 5.32 Å². The molecule has 1 fully saturated rings. The van der Waals surface area contributed by atoms with Gasteiger partial charge in [0, 0.05) is 13.1 Å². The number of carbonyl (C=O) groups excluding carboxylic acids is 1. The fraction of sp³-hybridized carbons (Fsp3) is 0.588. The number of nitrogens with one attached hydrogen (secondary N) is 1. The largest absolute Gasteiger partial charge is 0.482 e. The molecule has 0 aromatic heterocycles. The van der Waals surface area contributed by atoms with Crippen molar-refractivity contribution in [2.45, 2.75) is 38.6 Å². The molecule has 0 radical (unpaired) electrons. The lowest BCUT2D eigenvalue weighted by Crippen LogP contribution is -2.42. The average molecular weight is 288 g/mol. The van der Waals surface area contributed by atoms with Crippen molar-refractivity contribution in [3.8, 4) is 5.75 Å². The first-order valence-corrected chi connectivity index (χ1v) is 7.98.